The molecule has 1 aromatic rings. The molecule has 0 saturated carbocycles. The quantitative estimate of drug-likeness (QED) is 0.882. The summed E-state index contributed by atoms with van der Waals surface area (Å²) in [6.07, 6.45) is 1.94. The zero-order valence-electron chi connectivity index (χ0n) is 11.8. The number of likely N-dealkylation sites (tertiary alicyclic amines) is 1. The number of piperidine rings is 1. The molecule has 0 aromatic heterocycles. The minimum Gasteiger partial charge on any atom is -0.394 e. The lowest BCUT2D eigenvalue weighted by molar-refractivity contribution is 0.0811. The van der Waals surface area contributed by atoms with E-state index in [2.05, 4.69) is 5.32 Å². The predicted octanol–water partition coefficient (Wildman–Crippen LogP) is 2.84. The van der Waals surface area contributed by atoms with E-state index in [9.17, 15) is 9.90 Å². The van der Waals surface area contributed by atoms with E-state index >= 15 is 0 Å². The summed E-state index contributed by atoms with van der Waals surface area (Å²) in [6.45, 7) is 2.63. The Hall–Kier alpha value is -1.77. The summed E-state index contributed by atoms with van der Waals surface area (Å²) in [7, 11) is 0. The van der Waals surface area contributed by atoms with Crippen LogP contribution in [0.5, 0.6) is 0 Å². The van der Waals surface area contributed by atoms with Gasteiger partial charge in [-0.25, -0.2) is 4.79 Å². The Bertz CT molecular complexity index is 571. The second-order valence-corrected chi connectivity index (χ2v) is 5.71. The normalized spacial score (nSPS) is 21.7. The number of nitrogens with one attached hydrogen (secondary N) is 1. The number of aliphatic hydroxyl groups is 1. The van der Waals surface area contributed by atoms with E-state index in [-0.39, 0.29) is 24.6 Å². The van der Waals surface area contributed by atoms with Gasteiger partial charge in [-0.1, -0.05) is 18.5 Å². The van der Waals surface area contributed by atoms with Crippen LogP contribution in [0.1, 0.15) is 25.3 Å². The molecule has 0 bridgehead atoms. The average Bonchev–Trinajstić information content (AvgIpc) is 2.47. The molecule has 2 unspecified atom stereocenters. The van der Waals surface area contributed by atoms with Gasteiger partial charge in [-0.2, -0.15) is 5.26 Å². The van der Waals surface area contributed by atoms with Gasteiger partial charge in [-0.05, 0) is 37.0 Å². The highest BCUT2D eigenvalue weighted by atomic mass is 35.5. The summed E-state index contributed by atoms with van der Waals surface area (Å²) in [4.78, 5) is 14.0. The average molecular weight is 308 g/mol. The molecule has 0 aliphatic carbocycles. The molecule has 1 heterocycles. The summed E-state index contributed by atoms with van der Waals surface area (Å²) in [5.74, 6) is 0.277. The molecule has 1 aromatic carbocycles. The van der Waals surface area contributed by atoms with Crippen LogP contribution in [0.25, 0.3) is 0 Å². The van der Waals surface area contributed by atoms with E-state index in [1.54, 1.807) is 23.1 Å². The molecular weight excluding hydrogens is 290 g/mol. The van der Waals surface area contributed by atoms with Crippen LogP contribution >= 0.6 is 11.6 Å². The first-order chi connectivity index (χ1) is 10.1. The number of hydrogen-bond donors (Lipinski definition) is 2. The summed E-state index contributed by atoms with van der Waals surface area (Å²) >= 11 is 5.95. The molecule has 1 aliphatic heterocycles. The third kappa shape index (κ3) is 3.46. The van der Waals surface area contributed by atoms with Crippen molar-refractivity contribution in [2.24, 2.45) is 5.92 Å². The fourth-order valence-electron chi connectivity index (χ4n) is 2.66. The number of benzene rings is 1. The number of carbonyl (C=O) groups is 1. The maximum absolute atomic E-state index is 12.3. The zero-order valence-corrected chi connectivity index (χ0v) is 12.6. The molecule has 1 saturated heterocycles. The van der Waals surface area contributed by atoms with E-state index in [4.69, 9.17) is 16.9 Å². The molecule has 21 heavy (non-hydrogen) atoms. The van der Waals surface area contributed by atoms with Gasteiger partial charge in [0.05, 0.1) is 23.2 Å². The molecule has 6 heteroatoms. The van der Waals surface area contributed by atoms with Crippen molar-refractivity contribution in [3.05, 3.63) is 28.8 Å². The number of aliphatic hydroxyl groups excluding tert-OH is 1. The van der Waals surface area contributed by atoms with Crippen molar-refractivity contribution in [3.63, 3.8) is 0 Å². The Morgan fingerprint density at radius 1 is 1.62 bits per heavy atom. The highest BCUT2D eigenvalue weighted by molar-refractivity contribution is 6.32. The molecule has 0 radical (unpaired) electrons. The van der Waals surface area contributed by atoms with Crippen LogP contribution in [0.15, 0.2) is 18.2 Å². The Morgan fingerprint density at radius 3 is 3.00 bits per heavy atom. The second-order valence-electron chi connectivity index (χ2n) is 5.30. The number of nitriles is 1. The van der Waals surface area contributed by atoms with Gasteiger partial charge in [0.15, 0.2) is 0 Å². The molecule has 5 nitrogen and oxygen atoms in total. The van der Waals surface area contributed by atoms with Crippen LogP contribution in [0.3, 0.4) is 0 Å². The maximum atomic E-state index is 12.3. The van der Waals surface area contributed by atoms with E-state index in [1.165, 1.54) is 0 Å². The highest BCUT2D eigenvalue weighted by Gasteiger charge is 2.31. The van der Waals surface area contributed by atoms with Gasteiger partial charge in [-0.3, -0.25) is 0 Å². The van der Waals surface area contributed by atoms with Gasteiger partial charge in [0.1, 0.15) is 6.07 Å². The van der Waals surface area contributed by atoms with E-state index < -0.39 is 0 Å². The zero-order chi connectivity index (χ0) is 15.4. The van der Waals surface area contributed by atoms with Crippen LogP contribution in [-0.2, 0) is 0 Å². The Kier molecular flexibility index (Phi) is 5.05. The number of anilines is 1. The SMILES string of the molecule is CC1CCCN(C(=O)Nc2ccc(C#N)c(Cl)c2)C1CO. The van der Waals surface area contributed by atoms with Crippen molar-refractivity contribution in [1.29, 1.82) is 5.26 Å². The van der Waals surface area contributed by atoms with Gasteiger partial charge in [-0.15, -0.1) is 0 Å². The van der Waals surface area contributed by atoms with Crippen molar-refractivity contribution in [1.82, 2.24) is 4.90 Å². The third-order valence-electron chi connectivity index (χ3n) is 3.90. The Morgan fingerprint density at radius 2 is 2.38 bits per heavy atom. The Balaban J connectivity index is 2.10. The fourth-order valence-corrected chi connectivity index (χ4v) is 2.88. The number of nitrogens with zero attached hydrogens (tertiary/aromatic N) is 2. The molecule has 0 spiro atoms. The maximum Gasteiger partial charge on any atom is 0.322 e. The second kappa shape index (κ2) is 6.79. The van der Waals surface area contributed by atoms with Gasteiger partial charge < -0.3 is 15.3 Å². The predicted molar refractivity (Wildman–Crippen MR) is 81.2 cm³/mol. The van der Waals surface area contributed by atoms with Crippen molar-refractivity contribution in [3.8, 4) is 6.07 Å². The number of hydrogen-bond acceptors (Lipinski definition) is 3. The molecule has 2 N–H and O–H groups in total. The Labute approximate surface area is 129 Å². The van der Waals surface area contributed by atoms with Crippen LogP contribution in [-0.4, -0.2) is 35.2 Å². The summed E-state index contributed by atoms with van der Waals surface area (Å²) < 4.78 is 0. The van der Waals surface area contributed by atoms with Crippen LogP contribution < -0.4 is 5.32 Å². The third-order valence-corrected chi connectivity index (χ3v) is 4.22. The lowest BCUT2D eigenvalue weighted by Gasteiger charge is -2.38. The lowest BCUT2D eigenvalue weighted by atomic mass is 9.91. The first-order valence-corrected chi connectivity index (χ1v) is 7.32. The van der Waals surface area contributed by atoms with E-state index in [1.807, 2.05) is 13.0 Å². The monoisotopic (exact) mass is 307 g/mol. The van der Waals surface area contributed by atoms with Crippen molar-refractivity contribution in [2.45, 2.75) is 25.8 Å². The van der Waals surface area contributed by atoms with Crippen LogP contribution in [0, 0.1) is 17.2 Å². The van der Waals surface area contributed by atoms with Gasteiger partial charge in [0, 0.05) is 12.2 Å². The topological polar surface area (TPSA) is 76.4 Å². The number of halogens is 1. The minimum absolute atomic E-state index is 0.0390. The number of urea groups is 1. The first-order valence-electron chi connectivity index (χ1n) is 6.95. The van der Waals surface area contributed by atoms with Crippen molar-refractivity contribution in [2.75, 3.05) is 18.5 Å². The van der Waals surface area contributed by atoms with Gasteiger partial charge in [0.25, 0.3) is 0 Å². The molecule has 2 amide bonds. The van der Waals surface area contributed by atoms with Gasteiger partial charge >= 0.3 is 6.03 Å². The summed E-state index contributed by atoms with van der Waals surface area (Å²) in [5, 5.41) is 21.4. The minimum atomic E-state index is -0.249. The van der Waals surface area contributed by atoms with E-state index in [0.717, 1.165) is 12.8 Å². The molecule has 112 valence electrons. The molecule has 1 aliphatic rings. The summed E-state index contributed by atoms with van der Waals surface area (Å²) in [5.41, 5.74) is 0.911. The molecule has 1 fully saturated rings. The van der Waals surface area contributed by atoms with Crippen LogP contribution in [0.4, 0.5) is 10.5 Å². The molecule has 2 rings (SSSR count). The first kappa shape index (κ1) is 15.6. The smallest absolute Gasteiger partial charge is 0.322 e. The van der Waals surface area contributed by atoms with Gasteiger partial charge in [0.2, 0.25) is 0 Å². The van der Waals surface area contributed by atoms with Crippen molar-refractivity contribution < 1.29 is 9.90 Å². The molecular formula is C15H18ClN3O2. The van der Waals surface area contributed by atoms with E-state index in [0.29, 0.717) is 22.8 Å². The molecule has 2 atom stereocenters. The van der Waals surface area contributed by atoms with Crippen molar-refractivity contribution >= 4 is 23.3 Å². The highest BCUT2D eigenvalue weighted by Crippen LogP contribution is 2.25. The summed E-state index contributed by atoms with van der Waals surface area (Å²) in [6, 6.07) is 6.33. The lowest BCUT2D eigenvalue weighted by Crippen LogP contribution is -2.51. The largest absolute Gasteiger partial charge is 0.394 e. The number of amides is 2. The standard InChI is InChI=1S/C15H18ClN3O2/c1-10-3-2-6-19(14(10)9-20)15(21)18-12-5-4-11(8-17)13(16)7-12/h4-5,7,10,14,20H,2-3,6,9H2,1H3,(H,18,21). The number of rotatable bonds is 2. The number of carbonyl (C=O) groups excluding carboxylic acids is 1. The fraction of sp³-hybridized carbons (Fsp3) is 0.467. The van der Waals surface area contributed by atoms with Crippen LogP contribution in [0.2, 0.25) is 5.02 Å².